The van der Waals surface area contributed by atoms with E-state index in [2.05, 4.69) is 46.0 Å². The third-order valence-electron chi connectivity index (χ3n) is 8.55. The molecule has 4 heteroatoms. The van der Waals surface area contributed by atoms with Crippen molar-refractivity contribution in [3.05, 3.63) is 35.5 Å². The van der Waals surface area contributed by atoms with Crippen LogP contribution in [-0.2, 0) is 16.9 Å². The number of fused-ring (bicyclic) bond motifs is 3. The number of aromatic amines is 1. The van der Waals surface area contributed by atoms with Gasteiger partial charge in [0.25, 0.3) is 0 Å². The third-order valence-corrected chi connectivity index (χ3v) is 8.55. The number of rotatable bonds is 2. The highest BCUT2D eigenvalue weighted by Gasteiger charge is 2.69. The summed E-state index contributed by atoms with van der Waals surface area (Å²) in [6.07, 6.45) is 10.2. The first-order chi connectivity index (χ1) is 13.7. The van der Waals surface area contributed by atoms with Gasteiger partial charge < -0.3 is 9.88 Å². The van der Waals surface area contributed by atoms with Gasteiger partial charge in [-0.05, 0) is 50.2 Å². The maximum atomic E-state index is 13.7. The summed E-state index contributed by atoms with van der Waals surface area (Å²) in [5.41, 5.74) is 3.87. The smallest absolute Gasteiger partial charge is 0.225 e. The van der Waals surface area contributed by atoms with Crippen molar-refractivity contribution in [1.82, 2.24) is 14.8 Å². The zero-order chi connectivity index (χ0) is 18.9. The number of aromatic nitrogens is 1. The Morgan fingerprint density at radius 3 is 2.79 bits per heavy atom. The van der Waals surface area contributed by atoms with Gasteiger partial charge in [-0.2, -0.15) is 0 Å². The summed E-state index contributed by atoms with van der Waals surface area (Å²) in [7, 11) is 0. The Morgan fingerprint density at radius 2 is 1.96 bits per heavy atom. The molecule has 2 saturated heterocycles. The van der Waals surface area contributed by atoms with Gasteiger partial charge in [-0.3, -0.25) is 9.69 Å². The van der Waals surface area contributed by atoms with Crippen molar-refractivity contribution in [1.29, 1.82) is 0 Å². The molecule has 28 heavy (non-hydrogen) atoms. The van der Waals surface area contributed by atoms with Crippen molar-refractivity contribution in [3.63, 3.8) is 0 Å². The quantitative estimate of drug-likeness (QED) is 0.834. The molecule has 0 radical (unpaired) electrons. The number of piperidine rings is 1. The van der Waals surface area contributed by atoms with E-state index in [0.717, 1.165) is 32.4 Å². The molecule has 0 unspecified atom stereocenters. The van der Waals surface area contributed by atoms with Gasteiger partial charge in [0, 0.05) is 41.9 Å². The molecule has 4 heterocycles. The molecule has 6 rings (SSSR count). The largest absolute Gasteiger partial charge is 0.355 e. The van der Waals surface area contributed by atoms with Gasteiger partial charge in [0.2, 0.25) is 5.91 Å². The number of likely N-dealkylation sites (tertiary alicyclic amines) is 1. The Morgan fingerprint density at radius 1 is 1.14 bits per heavy atom. The monoisotopic (exact) mass is 377 g/mol. The fourth-order valence-electron chi connectivity index (χ4n) is 7.45. The highest BCUT2D eigenvalue weighted by atomic mass is 16.2. The Labute approximate surface area is 167 Å². The molecule has 1 amide bonds. The first-order valence-electron chi connectivity index (χ1n) is 11.4. The predicted octanol–water partition coefficient (Wildman–Crippen LogP) is 4.54. The van der Waals surface area contributed by atoms with Crippen LogP contribution in [0.4, 0.5) is 0 Å². The normalized spacial score (nSPS) is 33.3. The summed E-state index contributed by atoms with van der Waals surface area (Å²) in [4.78, 5) is 22.6. The highest BCUT2D eigenvalue weighted by molar-refractivity contribution is 5.88. The van der Waals surface area contributed by atoms with E-state index in [1.807, 2.05) is 0 Å². The molecule has 1 aromatic carbocycles. The second-order valence-corrected chi connectivity index (χ2v) is 9.55. The van der Waals surface area contributed by atoms with Crippen molar-refractivity contribution in [2.75, 3.05) is 13.1 Å². The highest BCUT2D eigenvalue weighted by Crippen LogP contribution is 2.64. The van der Waals surface area contributed by atoms with Gasteiger partial charge in [0.1, 0.15) is 5.66 Å². The molecule has 1 saturated carbocycles. The Hall–Kier alpha value is -1.81. The number of amides is 1. The fourth-order valence-corrected chi connectivity index (χ4v) is 7.45. The Balaban J connectivity index is 1.67. The maximum absolute atomic E-state index is 13.7. The van der Waals surface area contributed by atoms with E-state index in [1.165, 1.54) is 60.7 Å². The summed E-state index contributed by atoms with van der Waals surface area (Å²) in [6, 6.07) is 9.18. The van der Waals surface area contributed by atoms with Crippen LogP contribution >= 0.6 is 0 Å². The average Bonchev–Trinajstić information content (AvgIpc) is 3.41. The Kier molecular flexibility index (Phi) is 3.57. The molecular formula is C24H31N3O. The first-order valence-corrected chi connectivity index (χ1v) is 11.4. The maximum Gasteiger partial charge on any atom is 0.225 e. The van der Waals surface area contributed by atoms with E-state index < -0.39 is 0 Å². The molecule has 1 aliphatic carbocycles. The number of carbonyl (C=O) groups excluding carboxylic acids is 1. The number of benzene rings is 1. The zero-order valence-electron chi connectivity index (χ0n) is 17.0. The van der Waals surface area contributed by atoms with E-state index in [0.29, 0.717) is 11.9 Å². The van der Waals surface area contributed by atoms with E-state index in [9.17, 15) is 4.79 Å². The number of hydrogen-bond donors (Lipinski definition) is 1. The first kappa shape index (κ1) is 17.1. The van der Waals surface area contributed by atoms with Crippen molar-refractivity contribution < 1.29 is 4.79 Å². The minimum atomic E-state index is -0.251. The zero-order valence-corrected chi connectivity index (χ0v) is 17.0. The number of carbonyl (C=O) groups is 1. The lowest BCUT2D eigenvalue weighted by Crippen LogP contribution is -2.68. The minimum Gasteiger partial charge on any atom is -0.355 e. The second-order valence-electron chi connectivity index (χ2n) is 9.55. The molecule has 2 atom stereocenters. The van der Waals surface area contributed by atoms with Crippen molar-refractivity contribution in [3.8, 4) is 0 Å². The summed E-state index contributed by atoms with van der Waals surface area (Å²) in [5.74, 6) is 0.409. The SMILES string of the molecule is CC[C@@]12CCCN3CCc4c([nH]c5ccccc45)[C@]31N(C1CCCC1)C(=O)C2. The number of para-hydroxylation sites is 1. The van der Waals surface area contributed by atoms with Crippen LogP contribution in [0.1, 0.15) is 69.5 Å². The van der Waals surface area contributed by atoms with E-state index in [-0.39, 0.29) is 11.1 Å². The molecule has 4 nitrogen and oxygen atoms in total. The molecule has 1 aromatic heterocycles. The molecule has 0 bridgehead atoms. The van der Waals surface area contributed by atoms with E-state index in [1.54, 1.807) is 0 Å². The number of nitrogens with zero attached hydrogens (tertiary/aromatic N) is 2. The number of H-pyrrole nitrogens is 1. The fraction of sp³-hybridized carbons (Fsp3) is 0.625. The van der Waals surface area contributed by atoms with Crippen LogP contribution in [0.15, 0.2) is 24.3 Å². The summed E-state index contributed by atoms with van der Waals surface area (Å²) in [5, 5.41) is 1.37. The van der Waals surface area contributed by atoms with Gasteiger partial charge >= 0.3 is 0 Å². The Bertz CT molecular complexity index is 942. The lowest BCUT2D eigenvalue weighted by atomic mass is 9.63. The molecule has 148 valence electrons. The van der Waals surface area contributed by atoms with Crippen LogP contribution in [0, 0.1) is 5.41 Å². The lowest BCUT2D eigenvalue weighted by molar-refractivity contribution is -0.172. The van der Waals surface area contributed by atoms with Gasteiger partial charge in [0.15, 0.2) is 0 Å². The third kappa shape index (κ3) is 1.88. The minimum absolute atomic E-state index is 0.0426. The van der Waals surface area contributed by atoms with Crippen LogP contribution in [0.3, 0.4) is 0 Å². The summed E-state index contributed by atoms with van der Waals surface area (Å²) < 4.78 is 0. The number of hydrogen-bond acceptors (Lipinski definition) is 2. The summed E-state index contributed by atoms with van der Waals surface area (Å²) in [6.45, 7) is 4.52. The summed E-state index contributed by atoms with van der Waals surface area (Å²) >= 11 is 0. The van der Waals surface area contributed by atoms with Crippen molar-refractivity contribution in [2.24, 2.45) is 5.41 Å². The van der Waals surface area contributed by atoms with Crippen molar-refractivity contribution >= 4 is 16.8 Å². The van der Waals surface area contributed by atoms with Crippen LogP contribution in [0.25, 0.3) is 10.9 Å². The van der Waals surface area contributed by atoms with Crippen LogP contribution in [0.5, 0.6) is 0 Å². The molecular weight excluding hydrogens is 346 g/mol. The average molecular weight is 378 g/mol. The molecule has 3 fully saturated rings. The van der Waals surface area contributed by atoms with E-state index >= 15 is 0 Å². The van der Waals surface area contributed by atoms with Crippen LogP contribution in [-0.4, -0.2) is 39.8 Å². The second kappa shape index (κ2) is 5.85. The molecule has 4 aliphatic rings. The van der Waals surface area contributed by atoms with Gasteiger partial charge in [0.05, 0.1) is 5.69 Å². The molecule has 1 N–H and O–H groups in total. The van der Waals surface area contributed by atoms with Gasteiger partial charge in [-0.1, -0.05) is 38.0 Å². The van der Waals surface area contributed by atoms with Gasteiger partial charge in [-0.15, -0.1) is 0 Å². The predicted molar refractivity (Wildman–Crippen MR) is 111 cm³/mol. The van der Waals surface area contributed by atoms with Crippen molar-refractivity contribution in [2.45, 2.75) is 76.4 Å². The molecule has 2 aromatic rings. The molecule has 3 aliphatic heterocycles. The topological polar surface area (TPSA) is 39.3 Å². The molecule has 1 spiro atoms. The standard InChI is InChI=1S/C24H31N3O/c1-2-23-13-7-14-26-15-12-19-18-10-5-6-11-20(18)25-22(19)24(23,26)27(21(28)16-23)17-8-3-4-9-17/h5-6,10-11,17,25H,2-4,7-9,12-16H2,1H3/t23-,24+/m0/s1. The van der Waals surface area contributed by atoms with Crippen LogP contribution in [0.2, 0.25) is 0 Å². The number of nitrogens with one attached hydrogen (secondary N) is 1. The van der Waals surface area contributed by atoms with Gasteiger partial charge in [-0.25, -0.2) is 0 Å². The lowest BCUT2D eigenvalue weighted by Gasteiger charge is -2.61. The van der Waals surface area contributed by atoms with E-state index in [4.69, 9.17) is 0 Å². The van der Waals surface area contributed by atoms with Crippen LogP contribution < -0.4 is 0 Å².